The molecule has 0 saturated carbocycles. The maximum atomic E-state index is 6.12. The zero-order valence-electron chi connectivity index (χ0n) is 11.2. The van der Waals surface area contributed by atoms with Gasteiger partial charge in [0.1, 0.15) is 0 Å². The molecule has 2 saturated heterocycles. The lowest BCUT2D eigenvalue weighted by Crippen LogP contribution is -2.46. The molecule has 2 fully saturated rings. The minimum absolute atomic E-state index is 0.328. The zero-order valence-corrected chi connectivity index (χ0v) is 11.2. The summed E-state index contributed by atoms with van der Waals surface area (Å²) in [6.45, 7) is 13.3. The summed E-state index contributed by atoms with van der Waals surface area (Å²) in [7, 11) is 0. The van der Waals surface area contributed by atoms with Gasteiger partial charge in [0, 0.05) is 25.6 Å². The van der Waals surface area contributed by atoms with Crippen molar-refractivity contribution in [1.29, 1.82) is 0 Å². The normalized spacial score (nSPS) is 35.8. The summed E-state index contributed by atoms with van der Waals surface area (Å²) in [6, 6.07) is 0. The van der Waals surface area contributed by atoms with Crippen LogP contribution in [0, 0.1) is 5.92 Å². The van der Waals surface area contributed by atoms with Gasteiger partial charge in [0.05, 0.1) is 25.4 Å². The molecular weight excluding hydrogens is 214 g/mol. The van der Waals surface area contributed by atoms with Crippen molar-refractivity contribution in [3.8, 4) is 0 Å². The number of ether oxygens (including phenoxy) is 2. The van der Waals surface area contributed by atoms with Gasteiger partial charge in [0.15, 0.2) is 0 Å². The average molecular weight is 239 g/mol. The number of hydrogen-bond acceptors (Lipinski definition) is 3. The molecule has 3 atom stereocenters. The molecule has 0 aromatic rings. The molecule has 0 bridgehead atoms. The van der Waals surface area contributed by atoms with Gasteiger partial charge in [-0.25, -0.2) is 0 Å². The van der Waals surface area contributed by atoms with Gasteiger partial charge in [-0.15, -0.1) is 0 Å². The molecule has 2 aliphatic heterocycles. The molecule has 0 spiro atoms. The van der Waals surface area contributed by atoms with Gasteiger partial charge in [-0.1, -0.05) is 12.2 Å². The van der Waals surface area contributed by atoms with E-state index in [1.807, 2.05) is 0 Å². The van der Waals surface area contributed by atoms with E-state index >= 15 is 0 Å². The molecule has 2 aliphatic rings. The second-order valence-electron chi connectivity index (χ2n) is 5.43. The molecule has 2 rings (SSSR count). The molecule has 0 N–H and O–H groups in total. The van der Waals surface area contributed by atoms with Gasteiger partial charge in [-0.3, -0.25) is 4.90 Å². The quantitative estimate of drug-likeness (QED) is 0.704. The molecule has 0 amide bonds. The highest BCUT2D eigenvalue weighted by Gasteiger charge is 2.31. The summed E-state index contributed by atoms with van der Waals surface area (Å²) >= 11 is 0. The average Bonchev–Trinajstić information content (AvgIpc) is 2.30. The lowest BCUT2D eigenvalue weighted by molar-refractivity contribution is -0.0869. The Hall–Kier alpha value is -0.380. The van der Waals surface area contributed by atoms with E-state index in [-0.39, 0.29) is 0 Å². The minimum atomic E-state index is 0.328. The van der Waals surface area contributed by atoms with E-state index in [1.165, 1.54) is 12.0 Å². The van der Waals surface area contributed by atoms with Crippen LogP contribution in [-0.4, -0.2) is 50.0 Å². The molecule has 98 valence electrons. The van der Waals surface area contributed by atoms with Crippen LogP contribution in [0.1, 0.15) is 26.7 Å². The van der Waals surface area contributed by atoms with Crippen LogP contribution >= 0.6 is 0 Å². The van der Waals surface area contributed by atoms with Crippen LogP contribution < -0.4 is 0 Å². The second kappa shape index (κ2) is 5.98. The highest BCUT2D eigenvalue weighted by Crippen LogP contribution is 2.30. The maximum Gasteiger partial charge on any atom is 0.0770 e. The van der Waals surface area contributed by atoms with Crippen LogP contribution in [0.5, 0.6) is 0 Å². The molecule has 3 heteroatoms. The van der Waals surface area contributed by atoms with Crippen LogP contribution in [0.15, 0.2) is 12.2 Å². The lowest BCUT2D eigenvalue weighted by Gasteiger charge is -2.39. The fourth-order valence-electron chi connectivity index (χ4n) is 2.83. The number of nitrogens with zero attached hydrogens (tertiary/aromatic N) is 1. The molecule has 17 heavy (non-hydrogen) atoms. The topological polar surface area (TPSA) is 21.7 Å². The SMILES string of the molecule is C=C(C)[C@@H]1CC[C@@H](C)O[C@H]1CN1CCOCC1. The Balaban J connectivity index is 1.92. The van der Waals surface area contributed by atoms with E-state index in [9.17, 15) is 0 Å². The summed E-state index contributed by atoms with van der Waals surface area (Å²) in [5, 5.41) is 0. The third-order valence-electron chi connectivity index (χ3n) is 3.91. The zero-order chi connectivity index (χ0) is 12.3. The predicted molar refractivity (Wildman–Crippen MR) is 69.1 cm³/mol. The third-order valence-corrected chi connectivity index (χ3v) is 3.91. The van der Waals surface area contributed by atoms with E-state index in [2.05, 4.69) is 25.3 Å². The summed E-state index contributed by atoms with van der Waals surface area (Å²) in [5.41, 5.74) is 1.27. The first-order valence-corrected chi connectivity index (χ1v) is 6.78. The molecule has 3 nitrogen and oxygen atoms in total. The van der Waals surface area contributed by atoms with Crippen molar-refractivity contribution in [2.45, 2.75) is 38.9 Å². The van der Waals surface area contributed by atoms with E-state index < -0.39 is 0 Å². The van der Waals surface area contributed by atoms with Crippen LogP contribution in [0.4, 0.5) is 0 Å². The molecule has 0 unspecified atom stereocenters. The van der Waals surface area contributed by atoms with E-state index in [4.69, 9.17) is 9.47 Å². The van der Waals surface area contributed by atoms with Crippen LogP contribution in [0.2, 0.25) is 0 Å². The van der Waals surface area contributed by atoms with Crippen LogP contribution in [0.25, 0.3) is 0 Å². The van der Waals surface area contributed by atoms with Crippen molar-refractivity contribution in [1.82, 2.24) is 4.90 Å². The van der Waals surface area contributed by atoms with Crippen LogP contribution in [-0.2, 0) is 9.47 Å². The molecule has 0 aliphatic carbocycles. The Bertz CT molecular complexity index is 261. The van der Waals surface area contributed by atoms with Crippen molar-refractivity contribution in [2.75, 3.05) is 32.8 Å². The molecule has 0 aromatic carbocycles. The predicted octanol–water partition coefficient (Wildman–Crippen LogP) is 2.08. The monoisotopic (exact) mass is 239 g/mol. The third kappa shape index (κ3) is 3.54. The highest BCUT2D eigenvalue weighted by molar-refractivity contribution is 5.02. The molecule has 2 heterocycles. The fraction of sp³-hybridized carbons (Fsp3) is 0.857. The van der Waals surface area contributed by atoms with Crippen molar-refractivity contribution in [3.05, 3.63) is 12.2 Å². The smallest absolute Gasteiger partial charge is 0.0770 e. The molecule has 0 aromatic heterocycles. The van der Waals surface area contributed by atoms with Crippen molar-refractivity contribution in [3.63, 3.8) is 0 Å². The van der Waals surface area contributed by atoms with Gasteiger partial charge in [-0.05, 0) is 26.7 Å². The summed E-state index contributed by atoms with van der Waals surface area (Å²) in [6.07, 6.45) is 3.12. The first kappa shape index (κ1) is 13.1. The van der Waals surface area contributed by atoms with E-state index in [0.717, 1.165) is 39.3 Å². The standard InChI is InChI=1S/C14H25NO2/c1-11(2)13-5-4-12(3)17-14(13)10-15-6-8-16-9-7-15/h12-14H,1,4-10H2,2-3H3/t12-,13+,14+/m1/s1. The molecular formula is C14H25NO2. The lowest BCUT2D eigenvalue weighted by atomic mass is 9.86. The van der Waals surface area contributed by atoms with Crippen molar-refractivity contribution in [2.24, 2.45) is 5.92 Å². The minimum Gasteiger partial charge on any atom is -0.379 e. The number of rotatable bonds is 3. The second-order valence-corrected chi connectivity index (χ2v) is 5.43. The first-order valence-electron chi connectivity index (χ1n) is 6.78. The van der Waals surface area contributed by atoms with Gasteiger partial charge >= 0.3 is 0 Å². The van der Waals surface area contributed by atoms with Gasteiger partial charge in [-0.2, -0.15) is 0 Å². The summed E-state index contributed by atoms with van der Waals surface area (Å²) in [4.78, 5) is 2.46. The van der Waals surface area contributed by atoms with Crippen molar-refractivity contribution < 1.29 is 9.47 Å². The van der Waals surface area contributed by atoms with Gasteiger partial charge in [0.2, 0.25) is 0 Å². The molecule has 0 radical (unpaired) electrons. The maximum absolute atomic E-state index is 6.12. The largest absolute Gasteiger partial charge is 0.379 e. The number of hydrogen-bond donors (Lipinski definition) is 0. The Kier molecular flexibility index (Phi) is 4.60. The van der Waals surface area contributed by atoms with Crippen LogP contribution in [0.3, 0.4) is 0 Å². The Morgan fingerprint density at radius 1 is 1.29 bits per heavy atom. The van der Waals surface area contributed by atoms with E-state index in [0.29, 0.717) is 18.1 Å². The van der Waals surface area contributed by atoms with E-state index in [1.54, 1.807) is 0 Å². The Morgan fingerprint density at radius 2 is 2.00 bits per heavy atom. The van der Waals surface area contributed by atoms with Crippen molar-refractivity contribution >= 4 is 0 Å². The van der Waals surface area contributed by atoms with Gasteiger partial charge < -0.3 is 9.47 Å². The van der Waals surface area contributed by atoms with Gasteiger partial charge in [0.25, 0.3) is 0 Å². The highest BCUT2D eigenvalue weighted by atomic mass is 16.5. The fourth-order valence-corrected chi connectivity index (χ4v) is 2.83. The Morgan fingerprint density at radius 3 is 2.65 bits per heavy atom. The number of morpholine rings is 1. The summed E-state index contributed by atoms with van der Waals surface area (Å²) in [5.74, 6) is 0.536. The first-order chi connectivity index (χ1) is 8.16. The Labute approximate surface area is 105 Å². The summed E-state index contributed by atoms with van der Waals surface area (Å²) < 4.78 is 11.5.